The van der Waals surface area contributed by atoms with Crippen LogP contribution in [0.1, 0.15) is 183 Å². The maximum absolute atomic E-state index is 13.3. The van der Waals surface area contributed by atoms with Crippen LogP contribution in [0.4, 0.5) is 0 Å². The normalized spacial score (nSPS) is 13.3. The van der Waals surface area contributed by atoms with Gasteiger partial charge in [-0.05, 0) is 6.42 Å². The maximum Gasteiger partial charge on any atom is 0.303 e. The Labute approximate surface area is 313 Å². The fourth-order valence-electron chi connectivity index (χ4n) is 6.14. The molecule has 0 heterocycles. The van der Waals surface area contributed by atoms with Gasteiger partial charge in [0, 0.05) is 41.2 Å². The number of rotatable bonds is 33. The minimum absolute atomic E-state index is 0.265. The van der Waals surface area contributed by atoms with Crippen molar-refractivity contribution in [1.82, 2.24) is 5.32 Å². The van der Waals surface area contributed by atoms with E-state index in [0.717, 1.165) is 53.9 Å². The first-order valence-electron chi connectivity index (χ1n) is 20.0. The number of carbonyl (C=O) groups excluding carboxylic acids is 6. The zero-order valence-corrected chi connectivity index (χ0v) is 33.3. The van der Waals surface area contributed by atoms with E-state index in [4.69, 9.17) is 23.7 Å². The van der Waals surface area contributed by atoms with Crippen molar-refractivity contribution in [3.05, 3.63) is 0 Å². The Morgan fingerprint density at radius 3 is 1.12 bits per heavy atom. The van der Waals surface area contributed by atoms with Crippen LogP contribution in [-0.4, -0.2) is 73.3 Å². The number of hydrogen-bond donors (Lipinski definition) is 1. The Morgan fingerprint density at radius 2 is 0.769 bits per heavy atom. The number of hydrogen-bond acceptors (Lipinski definition) is 11. The molecule has 0 saturated heterocycles. The fraction of sp³-hybridized carbons (Fsp3) is 0.850. The third kappa shape index (κ3) is 28.4. The van der Waals surface area contributed by atoms with Crippen molar-refractivity contribution in [2.45, 2.75) is 207 Å². The molecule has 0 aromatic rings. The van der Waals surface area contributed by atoms with Gasteiger partial charge in [0.2, 0.25) is 6.10 Å². The Balaban J connectivity index is 4.55. The number of amides is 1. The summed E-state index contributed by atoms with van der Waals surface area (Å²) in [4.78, 5) is 72.8. The van der Waals surface area contributed by atoms with E-state index in [-0.39, 0.29) is 6.54 Å². The molecule has 0 aliphatic rings. The quantitative estimate of drug-likeness (QED) is 0.0394. The van der Waals surface area contributed by atoms with Crippen LogP contribution in [0.5, 0.6) is 0 Å². The van der Waals surface area contributed by atoms with Crippen molar-refractivity contribution in [1.29, 1.82) is 0 Å². The van der Waals surface area contributed by atoms with Gasteiger partial charge in [0.15, 0.2) is 18.3 Å². The highest BCUT2D eigenvalue weighted by atomic mass is 16.6. The van der Waals surface area contributed by atoms with Gasteiger partial charge in [-0.15, -0.1) is 0 Å². The van der Waals surface area contributed by atoms with Crippen LogP contribution in [0.25, 0.3) is 0 Å². The molecular formula is C40H71NO11. The lowest BCUT2D eigenvalue weighted by atomic mass is 10.0. The van der Waals surface area contributed by atoms with E-state index in [0.29, 0.717) is 6.42 Å². The highest BCUT2D eigenvalue weighted by Gasteiger charge is 2.46. The van der Waals surface area contributed by atoms with Crippen LogP contribution in [0.15, 0.2) is 0 Å². The molecule has 0 radical (unpaired) electrons. The molecule has 0 fully saturated rings. The molecule has 0 aliphatic carbocycles. The largest absolute Gasteiger partial charge is 0.462 e. The van der Waals surface area contributed by atoms with Crippen molar-refractivity contribution >= 4 is 35.8 Å². The molecule has 1 amide bonds. The second kappa shape index (κ2) is 32.5. The van der Waals surface area contributed by atoms with Gasteiger partial charge in [-0.25, -0.2) is 0 Å². The molecule has 12 nitrogen and oxygen atoms in total. The van der Waals surface area contributed by atoms with Crippen molar-refractivity contribution in [2.24, 2.45) is 0 Å². The molecule has 0 aromatic carbocycles. The molecule has 0 aromatic heterocycles. The summed E-state index contributed by atoms with van der Waals surface area (Å²) in [6.45, 7) is 7.30. The zero-order chi connectivity index (χ0) is 39.0. The molecule has 12 heteroatoms. The summed E-state index contributed by atoms with van der Waals surface area (Å²) in [5, 5.41) is 2.70. The Morgan fingerprint density at radius 1 is 0.423 bits per heavy atom. The number of unbranched alkanes of at least 4 members (excludes halogenated alkanes) is 21. The first-order valence-corrected chi connectivity index (χ1v) is 20.0. The molecule has 1 N–H and O–H groups in total. The molecule has 302 valence electrons. The van der Waals surface area contributed by atoms with Crippen LogP contribution in [0, 0.1) is 0 Å². The van der Waals surface area contributed by atoms with E-state index >= 15 is 0 Å². The van der Waals surface area contributed by atoms with Crippen LogP contribution in [0.2, 0.25) is 0 Å². The first-order chi connectivity index (χ1) is 24.9. The van der Waals surface area contributed by atoms with E-state index in [2.05, 4.69) is 12.2 Å². The van der Waals surface area contributed by atoms with Gasteiger partial charge in [-0.1, -0.05) is 142 Å². The van der Waals surface area contributed by atoms with E-state index in [1.807, 2.05) is 0 Å². The predicted molar refractivity (Wildman–Crippen MR) is 199 cm³/mol. The van der Waals surface area contributed by atoms with Crippen molar-refractivity contribution < 1.29 is 52.5 Å². The van der Waals surface area contributed by atoms with Gasteiger partial charge >= 0.3 is 29.8 Å². The van der Waals surface area contributed by atoms with E-state index in [1.54, 1.807) is 0 Å². The van der Waals surface area contributed by atoms with Gasteiger partial charge in [-0.2, -0.15) is 0 Å². The number of carbonyl (C=O) groups is 6. The van der Waals surface area contributed by atoms with Gasteiger partial charge in [0.05, 0.1) is 0 Å². The lowest BCUT2D eigenvalue weighted by Crippen LogP contribution is -2.57. The summed E-state index contributed by atoms with van der Waals surface area (Å²) >= 11 is 0. The van der Waals surface area contributed by atoms with Gasteiger partial charge < -0.3 is 29.0 Å². The molecule has 0 rings (SSSR count). The van der Waals surface area contributed by atoms with E-state index in [1.165, 1.54) is 116 Å². The average molecular weight is 742 g/mol. The minimum Gasteiger partial charge on any atom is -0.462 e. The van der Waals surface area contributed by atoms with Crippen molar-refractivity contribution in [3.63, 3.8) is 0 Å². The van der Waals surface area contributed by atoms with Gasteiger partial charge in [0.1, 0.15) is 6.61 Å². The number of esters is 5. The summed E-state index contributed by atoms with van der Waals surface area (Å²) in [6, 6.07) is 0. The average Bonchev–Trinajstić information content (AvgIpc) is 3.07. The summed E-state index contributed by atoms with van der Waals surface area (Å²) in [6.07, 6.45) is 21.4. The van der Waals surface area contributed by atoms with Crippen molar-refractivity contribution in [3.8, 4) is 0 Å². The van der Waals surface area contributed by atoms with Crippen LogP contribution in [0.3, 0.4) is 0 Å². The maximum atomic E-state index is 13.3. The summed E-state index contributed by atoms with van der Waals surface area (Å²) < 4.78 is 26.1. The Hall–Kier alpha value is -3.18. The topological polar surface area (TPSA) is 161 Å². The lowest BCUT2D eigenvalue weighted by molar-refractivity contribution is -0.203. The molecule has 4 atom stereocenters. The minimum atomic E-state index is -1.76. The number of ether oxygens (including phenoxy) is 5. The Kier molecular flexibility index (Phi) is 30.5. The first kappa shape index (κ1) is 48.8. The van der Waals surface area contributed by atoms with Crippen LogP contribution in [-0.2, 0) is 52.5 Å². The monoisotopic (exact) mass is 742 g/mol. The number of nitrogens with one attached hydrogen (secondary N) is 1. The highest BCUT2D eigenvalue weighted by Crippen LogP contribution is 2.21. The highest BCUT2D eigenvalue weighted by molar-refractivity contribution is 5.84. The molecule has 52 heavy (non-hydrogen) atoms. The van der Waals surface area contributed by atoms with Gasteiger partial charge in [0.25, 0.3) is 5.91 Å². The molecule has 0 saturated carbocycles. The van der Waals surface area contributed by atoms with Gasteiger partial charge in [-0.3, -0.25) is 28.8 Å². The second-order valence-electron chi connectivity index (χ2n) is 13.8. The Bertz CT molecular complexity index is 1000. The second-order valence-corrected chi connectivity index (χ2v) is 13.8. The third-order valence-corrected chi connectivity index (χ3v) is 8.74. The summed E-state index contributed by atoms with van der Waals surface area (Å²) in [5.74, 6) is -4.98. The smallest absolute Gasteiger partial charge is 0.303 e. The van der Waals surface area contributed by atoms with E-state index in [9.17, 15) is 28.8 Å². The van der Waals surface area contributed by atoms with Crippen LogP contribution < -0.4 is 5.32 Å². The van der Waals surface area contributed by atoms with E-state index < -0.39 is 66.8 Å². The fourth-order valence-corrected chi connectivity index (χ4v) is 6.14. The SMILES string of the molecule is CCCCCCCCCCCCCCCCCCCCCCCCNC(=O)[C@@H](OC(C)=O)[C@H](OC(C)=O)[C@@H](OC(C)=O)[C@@H](COC(C)=O)OC(C)=O. The predicted octanol–water partition coefficient (Wildman–Crippen LogP) is 7.99. The zero-order valence-electron chi connectivity index (χ0n) is 33.3. The summed E-state index contributed by atoms with van der Waals surface area (Å²) in [5.41, 5.74) is 0. The molecule has 0 spiro atoms. The molecule has 0 bridgehead atoms. The molecule has 0 unspecified atom stereocenters. The summed E-state index contributed by atoms with van der Waals surface area (Å²) in [7, 11) is 0. The van der Waals surface area contributed by atoms with Crippen LogP contribution >= 0.6 is 0 Å². The lowest BCUT2D eigenvalue weighted by Gasteiger charge is -2.34. The third-order valence-electron chi connectivity index (χ3n) is 8.74. The molecule has 0 aliphatic heterocycles. The van der Waals surface area contributed by atoms with Crippen molar-refractivity contribution in [2.75, 3.05) is 13.2 Å². The standard InChI is InChI=1S/C40H71NO11/c1-7-8-9-10-11-12-13-14-15-16-17-18-19-20-21-22-23-24-25-26-27-28-29-41-40(47)39(52-35(6)46)38(51-34(5)45)37(50-33(4)44)36(49-32(3)43)30-48-31(2)42/h36-39H,7-30H2,1-6H3,(H,41,47)/t36-,37+,38-,39+/m1/s1. The molecular weight excluding hydrogens is 670 g/mol.